The fraction of sp³-hybridized carbons (Fsp3) is 0.667. The zero-order chi connectivity index (χ0) is 12.7. The molecule has 0 amide bonds. The molecule has 96 valence electrons. The van der Waals surface area contributed by atoms with Crippen LogP contribution in [0.1, 0.15) is 38.5 Å². The van der Waals surface area contributed by atoms with Crippen molar-refractivity contribution in [1.82, 2.24) is 0 Å². The first-order valence-electron chi connectivity index (χ1n) is 5.75. The van der Waals surface area contributed by atoms with E-state index in [2.05, 4.69) is 16.4 Å². The molecule has 0 saturated heterocycles. The molecule has 5 heteroatoms. The summed E-state index contributed by atoms with van der Waals surface area (Å²) in [6.45, 7) is 3.45. The lowest BCUT2D eigenvalue weighted by atomic mass is 9.98. The van der Waals surface area contributed by atoms with Gasteiger partial charge in [-0.2, -0.15) is 4.89 Å². The van der Waals surface area contributed by atoms with E-state index in [1.807, 2.05) is 0 Å². The van der Waals surface area contributed by atoms with Crippen LogP contribution in [0.25, 0.3) is 0 Å². The molecule has 0 bridgehead atoms. The molecule has 0 atom stereocenters. The standard InChI is InChI=1S/C12H18O5/c1-9(12(14)17-15-2)8-11(13)16-10-6-4-3-5-7-10/h10H,1,3-8H2,2H3. The Kier molecular flexibility index (Phi) is 5.69. The van der Waals surface area contributed by atoms with E-state index in [1.54, 1.807) is 0 Å². The predicted octanol–water partition coefficient (Wildman–Crippen LogP) is 1.91. The van der Waals surface area contributed by atoms with Crippen LogP contribution in [0.4, 0.5) is 0 Å². The van der Waals surface area contributed by atoms with E-state index in [1.165, 1.54) is 13.5 Å². The van der Waals surface area contributed by atoms with E-state index in [-0.39, 0.29) is 18.1 Å². The topological polar surface area (TPSA) is 61.8 Å². The third-order valence-electron chi connectivity index (χ3n) is 2.66. The highest BCUT2D eigenvalue weighted by molar-refractivity contribution is 5.92. The maximum atomic E-state index is 11.5. The smallest absolute Gasteiger partial charge is 0.369 e. The van der Waals surface area contributed by atoms with E-state index >= 15 is 0 Å². The summed E-state index contributed by atoms with van der Waals surface area (Å²) < 4.78 is 5.24. The number of carbonyl (C=O) groups is 2. The minimum atomic E-state index is -0.743. The highest BCUT2D eigenvalue weighted by Crippen LogP contribution is 2.21. The molecule has 17 heavy (non-hydrogen) atoms. The van der Waals surface area contributed by atoms with Crippen molar-refractivity contribution in [1.29, 1.82) is 0 Å². The van der Waals surface area contributed by atoms with E-state index < -0.39 is 11.9 Å². The van der Waals surface area contributed by atoms with Crippen LogP contribution in [0, 0.1) is 0 Å². The Morgan fingerprint density at radius 1 is 1.24 bits per heavy atom. The van der Waals surface area contributed by atoms with Crippen LogP contribution in [-0.2, 0) is 24.1 Å². The fourth-order valence-electron chi connectivity index (χ4n) is 1.79. The van der Waals surface area contributed by atoms with E-state index in [0.717, 1.165) is 25.7 Å². The van der Waals surface area contributed by atoms with Crippen molar-refractivity contribution in [3.63, 3.8) is 0 Å². The van der Waals surface area contributed by atoms with Gasteiger partial charge in [-0.25, -0.2) is 4.79 Å². The third kappa shape index (κ3) is 4.99. The molecule has 0 aromatic carbocycles. The first-order valence-corrected chi connectivity index (χ1v) is 5.75. The Balaban J connectivity index is 2.28. The molecule has 0 aromatic heterocycles. The highest BCUT2D eigenvalue weighted by atomic mass is 17.2. The second kappa shape index (κ2) is 7.06. The monoisotopic (exact) mass is 242 g/mol. The lowest BCUT2D eigenvalue weighted by Gasteiger charge is -2.21. The first kappa shape index (κ1) is 13.7. The molecule has 0 aromatic rings. The highest BCUT2D eigenvalue weighted by Gasteiger charge is 2.20. The molecule has 0 unspecified atom stereocenters. The Morgan fingerprint density at radius 3 is 2.47 bits per heavy atom. The molecular formula is C12H18O5. The lowest BCUT2D eigenvalue weighted by molar-refractivity contribution is -0.250. The number of esters is 1. The number of rotatable bonds is 5. The Hall–Kier alpha value is -1.36. The number of carbonyl (C=O) groups excluding carboxylic acids is 2. The van der Waals surface area contributed by atoms with E-state index in [4.69, 9.17) is 4.74 Å². The van der Waals surface area contributed by atoms with Crippen molar-refractivity contribution in [3.8, 4) is 0 Å². The van der Waals surface area contributed by atoms with Gasteiger partial charge in [0, 0.05) is 5.57 Å². The number of ether oxygens (including phenoxy) is 1. The summed E-state index contributed by atoms with van der Waals surface area (Å²) in [5, 5.41) is 0. The van der Waals surface area contributed by atoms with Crippen molar-refractivity contribution in [2.75, 3.05) is 7.11 Å². The normalized spacial score (nSPS) is 16.3. The Labute approximate surface area is 101 Å². The second-order valence-corrected chi connectivity index (χ2v) is 4.07. The SMILES string of the molecule is C=C(CC(=O)OC1CCCCC1)C(=O)OOC. The summed E-state index contributed by atoms with van der Waals surface area (Å²) in [5.74, 6) is -1.18. The third-order valence-corrected chi connectivity index (χ3v) is 2.66. The summed E-state index contributed by atoms with van der Waals surface area (Å²) in [6, 6.07) is 0. The molecule has 0 radical (unpaired) electrons. The average molecular weight is 242 g/mol. The summed E-state index contributed by atoms with van der Waals surface area (Å²) in [6.07, 6.45) is 5.01. The van der Waals surface area contributed by atoms with Crippen LogP contribution in [0.15, 0.2) is 12.2 Å². The summed E-state index contributed by atoms with van der Waals surface area (Å²) >= 11 is 0. The van der Waals surface area contributed by atoms with Gasteiger partial charge in [0.25, 0.3) is 0 Å². The van der Waals surface area contributed by atoms with Gasteiger partial charge in [-0.3, -0.25) is 9.68 Å². The molecule has 1 aliphatic carbocycles. The molecule has 0 heterocycles. The van der Waals surface area contributed by atoms with Crippen molar-refractivity contribution in [2.24, 2.45) is 0 Å². The summed E-state index contributed by atoms with van der Waals surface area (Å²) in [7, 11) is 1.21. The Bertz CT molecular complexity index is 291. The Morgan fingerprint density at radius 2 is 1.88 bits per heavy atom. The van der Waals surface area contributed by atoms with Crippen molar-refractivity contribution in [3.05, 3.63) is 12.2 Å². The second-order valence-electron chi connectivity index (χ2n) is 4.07. The number of hydrogen-bond acceptors (Lipinski definition) is 5. The molecule has 1 fully saturated rings. The van der Waals surface area contributed by atoms with Crippen LogP contribution in [0.3, 0.4) is 0 Å². The molecular weight excluding hydrogens is 224 g/mol. The summed E-state index contributed by atoms with van der Waals surface area (Å²) in [5.41, 5.74) is 0.0349. The zero-order valence-corrected chi connectivity index (χ0v) is 10.1. The first-order chi connectivity index (χ1) is 8.13. The molecule has 1 rings (SSSR count). The van der Waals surface area contributed by atoms with Crippen molar-refractivity contribution >= 4 is 11.9 Å². The van der Waals surface area contributed by atoms with Gasteiger partial charge in [0.2, 0.25) is 0 Å². The fourth-order valence-corrected chi connectivity index (χ4v) is 1.79. The van der Waals surface area contributed by atoms with Crippen LogP contribution >= 0.6 is 0 Å². The minimum Gasteiger partial charge on any atom is -0.462 e. The molecule has 0 spiro atoms. The van der Waals surface area contributed by atoms with Crippen LogP contribution < -0.4 is 0 Å². The number of hydrogen-bond donors (Lipinski definition) is 0. The van der Waals surface area contributed by atoms with E-state index in [9.17, 15) is 9.59 Å². The molecule has 1 aliphatic rings. The van der Waals surface area contributed by atoms with Gasteiger partial charge >= 0.3 is 11.9 Å². The van der Waals surface area contributed by atoms with Crippen LogP contribution in [0.2, 0.25) is 0 Å². The summed E-state index contributed by atoms with van der Waals surface area (Å²) in [4.78, 5) is 31.1. The molecule has 0 N–H and O–H groups in total. The molecule has 1 saturated carbocycles. The maximum Gasteiger partial charge on any atom is 0.369 e. The quantitative estimate of drug-likeness (QED) is 0.319. The van der Waals surface area contributed by atoms with Gasteiger partial charge in [0.15, 0.2) is 0 Å². The van der Waals surface area contributed by atoms with Gasteiger partial charge in [-0.1, -0.05) is 13.0 Å². The van der Waals surface area contributed by atoms with Gasteiger partial charge in [-0.05, 0) is 25.7 Å². The minimum absolute atomic E-state index is 0.0116. The molecule has 0 aliphatic heterocycles. The van der Waals surface area contributed by atoms with Gasteiger partial charge < -0.3 is 4.74 Å². The van der Waals surface area contributed by atoms with Gasteiger partial charge in [-0.15, -0.1) is 0 Å². The van der Waals surface area contributed by atoms with Gasteiger partial charge in [0.1, 0.15) is 6.10 Å². The van der Waals surface area contributed by atoms with Crippen LogP contribution in [-0.4, -0.2) is 25.2 Å². The predicted molar refractivity (Wildman–Crippen MR) is 59.8 cm³/mol. The van der Waals surface area contributed by atoms with Gasteiger partial charge in [0.05, 0.1) is 13.5 Å². The van der Waals surface area contributed by atoms with Crippen molar-refractivity contribution in [2.45, 2.75) is 44.6 Å². The zero-order valence-electron chi connectivity index (χ0n) is 10.1. The lowest BCUT2D eigenvalue weighted by Crippen LogP contribution is -2.22. The average Bonchev–Trinajstić information content (AvgIpc) is 2.30. The largest absolute Gasteiger partial charge is 0.462 e. The molecule has 5 nitrogen and oxygen atoms in total. The van der Waals surface area contributed by atoms with Crippen molar-refractivity contribution < 1.29 is 24.1 Å². The van der Waals surface area contributed by atoms with Crippen LogP contribution in [0.5, 0.6) is 0 Å². The van der Waals surface area contributed by atoms with E-state index in [0.29, 0.717) is 0 Å². The maximum absolute atomic E-state index is 11.5.